The van der Waals surface area contributed by atoms with Crippen molar-refractivity contribution in [3.63, 3.8) is 0 Å². The number of alkyl halides is 2. The molecule has 0 aliphatic heterocycles. The molecule has 1 aromatic heterocycles. The van der Waals surface area contributed by atoms with Crippen LogP contribution in [0.2, 0.25) is 0 Å². The Hall–Kier alpha value is -0.0400. The van der Waals surface area contributed by atoms with Crippen LogP contribution in [0.1, 0.15) is 36.6 Å². The van der Waals surface area contributed by atoms with Crippen LogP contribution in [0.25, 0.3) is 0 Å². The van der Waals surface area contributed by atoms with Crippen LogP contribution in [0.4, 0.5) is 8.78 Å². The molecule has 6 heteroatoms. The monoisotopic (exact) mass is 324 g/mol. The maximum atomic E-state index is 13.1. The molecule has 0 bridgehead atoms. The third-order valence-corrected chi connectivity index (χ3v) is 5.29. The number of hydrogen-bond acceptors (Lipinski definition) is 3. The second-order valence-electron chi connectivity index (χ2n) is 4.47. The summed E-state index contributed by atoms with van der Waals surface area (Å²) in [7, 11) is 0. The van der Waals surface area contributed by atoms with Crippen LogP contribution in [-0.4, -0.2) is 5.92 Å². The van der Waals surface area contributed by atoms with Gasteiger partial charge >= 0.3 is 0 Å². The second kappa shape index (κ2) is 5.30. The third-order valence-electron chi connectivity index (χ3n) is 3.34. The summed E-state index contributed by atoms with van der Waals surface area (Å²) < 4.78 is 27.2. The van der Waals surface area contributed by atoms with E-state index in [0.717, 1.165) is 9.35 Å². The van der Waals surface area contributed by atoms with Gasteiger partial charge in [0.05, 0.1) is 6.04 Å². The number of nitrogens with two attached hydrogens (primary N) is 1. The molecule has 0 saturated heterocycles. The van der Waals surface area contributed by atoms with Crippen LogP contribution in [-0.2, 0) is 0 Å². The van der Waals surface area contributed by atoms with Gasteiger partial charge in [-0.2, -0.15) is 0 Å². The van der Waals surface area contributed by atoms with Gasteiger partial charge in [-0.25, -0.2) is 8.78 Å². The number of nitrogens with one attached hydrogen (secondary N) is 1. The fraction of sp³-hybridized carbons (Fsp3) is 0.636. The topological polar surface area (TPSA) is 38.0 Å². The Bertz CT molecular complexity index is 373. The maximum Gasteiger partial charge on any atom is 0.248 e. The smallest absolute Gasteiger partial charge is 0.248 e. The molecule has 1 unspecified atom stereocenters. The fourth-order valence-corrected chi connectivity index (χ4v) is 4.12. The molecule has 1 saturated carbocycles. The Morgan fingerprint density at radius 2 is 2.12 bits per heavy atom. The number of hydrazine groups is 1. The Morgan fingerprint density at radius 1 is 1.47 bits per heavy atom. The molecular weight excluding hydrogens is 310 g/mol. The van der Waals surface area contributed by atoms with Gasteiger partial charge in [-0.3, -0.25) is 11.3 Å². The molecular formula is C11H15BrF2N2S. The van der Waals surface area contributed by atoms with Crippen molar-refractivity contribution in [3.8, 4) is 0 Å². The number of hydrogen-bond donors (Lipinski definition) is 2. The van der Waals surface area contributed by atoms with Crippen molar-refractivity contribution >= 4 is 27.3 Å². The highest BCUT2D eigenvalue weighted by Crippen LogP contribution is 2.43. The van der Waals surface area contributed by atoms with Crippen LogP contribution >= 0.6 is 27.3 Å². The molecule has 2 nitrogen and oxygen atoms in total. The lowest BCUT2D eigenvalue weighted by Gasteiger charge is -2.33. The molecule has 0 amide bonds. The highest BCUT2D eigenvalue weighted by atomic mass is 79.9. The quantitative estimate of drug-likeness (QED) is 0.654. The van der Waals surface area contributed by atoms with E-state index in [1.165, 1.54) is 0 Å². The van der Waals surface area contributed by atoms with Gasteiger partial charge in [0.15, 0.2) is 0 Å². The Balaban J connectivity index is 2.08. The van der Waals surface area contributed by atoms with Crippen molar-refractivity contribution in [3.05, 3.63) is 20.8 Å². The molecule has 1 atom stereocenters. The molecule has 0 spiro atoms. The van der Waals surface area contributed by atoms with E-state index in [9.17, 15) is 8.78 Å². The van der Waals surface area contributed by atoms with Crippen LogP contribution in [0.15, 0.2) is 15.9 Å². The number of rotatable bonds is 3. The third kappa shape index (κ3) is 3.05. The summed E-state index contributed by atoms with van der Waals surface area (Å²) in [5.41, 5.74) is 2.78. The van der Waals surface area contributed by atoms with Crippen molar-refractivity contribution in [2.24, 2.45) is 11.8 Å². The summed E-state index contributed by atoms with van der Waals surface area (Å²) in [5.74, 6) is 3.29. The molecule has 1 heterocycles. The van der Waals surface area contributed by atoms with Crippen LogP contribution in [0, 0.1) is 5.92 Å². The summed E-state index contributed by atoms with van der Waals surface area (Å²) in [6.07, 6.45) is 0.982. The maximum absolute atomic E-state index is 13.1. The van der Waals surface area contributed by atoms with E-state index in [-0.39, 0.29) is 24.8 Å². The molecule has 1 aliphatic carbocycles. The molecule has 1 aromatic rings. The van der Waals surface area contributed by atoms with Gasteiger partial charge in [-0.05, 0) is 46.1 Å². The van der Waals surface area contributed by atoms with Crippen molar-refractivity contribution in [2.45, 2.75) is 37.6 Å². The zero-order valence-electron chi connectivity index (χ0n) is 9.26. The van der Waals surface area contributed by atoms with E-state index in [1.807, 2.05) is 11.4 Å². The molecule has 0 radical (unpaired) electrons. The Labute approximate surface area is 112 Å². The Morgan fingerprint density at radius 3 is 2.59 bits per heavy atom. The highest BCUT2D eigenvalue weighted by molar-refractivity contribution is 9.10. The van der Waals surface area contributed by atoms with E-state index >= 15 is 0 Å². The lowest BCUT2D eigenvalue weighted by molar-refractivity contribution is -0.0496. The van der Waals surface area contributed by atoms with Crippen LogP contribution in [0.3, 0.4) is 0 Å². The summed E-state index contributed by atoms with van der Waals surface area (Å²) in [4.78, 5) is 1.10. The zero-order valence-corrected chi connectivity index (χ0v) is 11.7. The van der Waals surface area contributed by atoms with Crippen molar-refractivity contribution < 1.29 is 8.78 Å². The number of thiophene rings is 1. The summed E-state index contributed by atoms with van der Waals surface area (Å²) in [6.45, 7) is 0. The minimum atomic E-state index is -2.48. The van der Waals surface area contributed by atoms with Gasteiger partial charge in [0.2, 0.25) is 5.92 Å². The normalized spacial score (nSPS) is 22.6. The summed E-state index contributed by atoms with van der Waals surface area (Å²) in [6, 6.07) is 1.93. The van der Waals surface area contributed by atoms with Crippen LogP contribution in [0.5, 0.6) is 0 Å². The lowest BCUT2D eigenvalue weighted by atomic mass is 9.82. The first-order valence-corrected chi connectivity index (χ1v) is 7.27. The van der Waals surface area contributed by atoms with Gasteiger partial charge in [-0.15, -0.1) is 11.3 Å². The van der Waals surface area contributed by atoms with Gasteiger partial charge in [-0.1, -0.05) is 0 Å². The van der Waals surface area contributed by atoms with Gasteiger partial charge in [0.25, 0.3) is 0 Å². The highest BCUT2D eigenvalue weighted by Gasteiger charge is 2.38. The second-order valence-corrected chi connectivity index (χ2v) is 6.27. The molecule has 1 aliphatic rings. The summed E-state index contributed by atoms with van der Waals surface area (Å²) in [5, 5.41) is 1.97. The molecule has 1 fully saturated rings. The molecule has 96 valence electrons. The van der Waals surface area contributed by atoms with Gasteiger partial charge in [0, 0.05) is 22.2 Å². The van der Waals surface area contributed by atoms with Crippen molar-refractivity contribution in [2.75, 3.05) is 0 Å². The first-order chi connectivity index (χ1) is 8.03. The van der Waals surface area contributed by atoms with E-state index in [0.29, 0.717) is 12.8 Å². The van der Waals surface area contributed by atoms with Crippen molar-refractivity contribution in [1.82, 2.24) is 5.43 Å². The Kier molecular flexibility index (Phi) is 4.18. The van der Waals surface area contributed by atoms with Crippen LogP contribution < -0.4 is 11.3 Å². The van der Waals surface area contributed by atoms with E-state index < -0.39 is 5.92 Å². The largest absolute Gasteiger partial charge is 0.271 e. The SMILES string of the molecule is NNC(c1sccc1Br)C1CCC(F)(F)CC1. The number of halogens is 3. The first kappa shape index (κ1) is 13.4. The van der Waals surface area contributed by atoms with E-state index in [4.69, 9.17) is 5.84 Å². The average molecular weight is 325 g/mol. The molecule has 17 heavy (non-hydrogen) atoms. The van der Waals surface area contributed by atoms with Gasteiger partial charge in [0.1, 0.15) is 0 Å². The minimum absolute atomic E-state index is 0.0273. The lowest BCUT2D eigenvalue weighted by Crippen LogP contribution is -2.37. The first-order valence-electron chi connectivity index (χ1n) is 5.60. The van der Waals surface area contributed by atoms with E-state index in [1.54, 1.807) is 11.3 Å². The molecule has 0 aromatic carbocycles. The molecule has 2 rings (SSSR count). The standard InChI is InChI=1S/C11H15BrF2N2S/c12-8-3-6-17-10(8)9(16-15)7-1-4-11(13,14)5-2-7/h3,6-7,9,16H,1-2,4-5,15H2. The van der Waals surface area contributed by atoms with Crippen molar-refractivity contribution in [1.29, 1.82) is 0 Å². The predicted molar refractivity (Wildman–Crippen MR) is 69.0 cm³/mol. The predicted octanol–water partition coefficient (Wildman–Crippen LogP) is 3.84. The average Bonchev–Trinajstić information content (AvgIpc) is 2.69. The van der Waals surface area contributed by atoms with Gasteiger partial charge < -0.3 is 0 Å². The molecule has 3 N–H and O–H groups in total. The fourth-order valence-electron chi connectivity index (χ4n) is 2.35. The zero-order chi connectivity index (χ0) is 12.5. The van der Waals surface area contributed by atoms with E-state index in [2.05, 4.69) is 21.4 Å². The summed E-state index contributed by atoms with van der Waals surface area (Å²) >= 11 is 5.06. The minimum Gasteiger partial charge on any atom is -0.271 e.